The lowest BCUT2D eigenvalue weighted by atomic mass is 9.64. The van der Waals surface area contributed by atoms with Crippen molar-refractivity contribution in [2.24, 2.45) is 0 Å². The Labute approximate surface area is 326 Å². The lowest BCUT2D eigenvalue weighted by molar-refractivity contribution is 0.437. The van der Waals surface area contributed by atoms with Gasteiger partial charge in [-0.05, 0) is 74.8 Å². The maximum atomic E-state index is 6.82. The van der Waals surface area contributed by atoms with Gasteiger partial charge in [-0.3, -0.25) is 0 Å². The summed E-state index contributed by atoms with van der Waals surface area (Å²) in [6.07, 6.45) is 0. The van der Waals surface area contributed by atoms with Gasteiger partial charge in [-0.15, -0.1) is 0 Å². The van der Waals surface area contributed by atoms with Crippen molar-refractivity contribution in [2.45, 2.75) is 5.41 Å². The number of nitrogens with zero attached hydrogens (tertiary/aromatic N) is 2. The highest BCUT2D eigenvalue weighted by Crippen LogP contribution is 2.63. The van der Waals surface area contributed by atoms with Gasteiger partial charge in [-0.25, -0.2) is 9.97 Å². The lowest BCUT2D eigenvalue weighted by Gasteiger charge is -2.40. The molecule has 1 aliphatic heterocycles. The second-order valence-corrected chi connectivity index (χ2v) is 14.5. The molecule has 8 aromatic carbocycles. The van der Waals surface area contributed by atoms with Crippen LogP contribution in [-0.2, 0) is 5.41 Å². The molecule has 2 heterocycles. The summed E-state index contributed by atoms with van der Waals surface area (Å²) in [6, 6.07) is 73.0. The molecular weight excluding hydrogens is 681 g/mol. The van der Waals surface area contributed by atoms with Crippen LogP contribution in [0.15, 0.2) is 206 Å². The third-order valence-electron chi connectivity index (χ3n) is 11.4. The summed E-state index contributed by atoms with van der Waals surface area (Å²) in [5, 5.41) is 0. The van der Waals surface area contributed by atoms with Crippen molar-refractivity contribution >= 4 is 0 Å². The van der Waals surface area contributed by atoms with E-state index in [9.17, 15) is 0 Å². The quantitative estimate of drug-likeness (QED) is 0.178. The summed E-state index contributed by atoms with van der Waals surface area (Å²) in [4.78, 5) is 10.5. The van der Waals surface area contributed by atoms with Crippen molar-refractivity contribution < 1.29 is 4.74 Å². The van der Waals surface area contributed by atoms with Crippen LogP contribution in [0.3, 0.4) is 0 Å². The molecule has 0 atom stereocenters. The van der Waals surface area contributed by atoms with E-state index in [1.54, 1.807) is 0 Å². The van der Waals surface area contributed by atoms with Crippen LogP contribution < -0.4 is 4.74 Å². The molecule has 56 heavy (non-hydrogen) atoms. The third-order valence-corrected chi connectivity index (χ3v) is 11.4. The number of ether oxygens (including phenoxy) is 1. The second-order valence-electron chi connectivity index (χ2n) is 14.5. The summed E-state index contributed by atoms with van der Waals surface area (Å²) < 4.78 is 6.82. The first kappa shape index (κ1) is 32.1. The molecule has 0 radical (unpaired) electrons. The molecule has 0 saturated carbocycles. The fourth-order valence-corrected chi connectivity index (χ4v) is 8.95. The Balaban J connectivity index is 1.11. The molecule has 0 fully saturated rings. The van der Waals surface area contributed by atoms with Crippen molar-refractivity contribution in [3.8, 4) is 78.8 Å². The topological polar surface area (TPSA) is 35.0 Å². The van der Waals surface area contributed by atoms with E-state index in [2.05, 4.69) is 194 Å². The molecule has 0 amide bonds. The normalized spacial score (nSPS) is 12.9. The lowest BCUT2D eigenvalue weighted by Crippen LogP contribution is -2.32. The van der Waals surface area contributed by atoms with Gasteiger partial charge in [0.25, 0.3) is 0 Å². The zero-order chi connectivity index (χ0) is 37.1. The molecule has 1 aromatic heterocycles. The molecule has 262 valence electrons. The third kappa shape index (κ3) is 4.98. The molecular formula is C53H34N2O. The minimum atomic E-state index is -0.579. The van der Waals surface area contributed by atoms with E-state index in [0.717, 1.165) is 67.4 Å². The number of fused-ring (bicyclic) bond motifs is 9. The molecule has 0 bridgehead atoms. The Bertz CT molecular complexity index is 2910. The first-order chi connectivity index (χ1) is 27.8. The number of hydrogen-bond donors (Lipinski definition) is 0. The zero-order valence-electron chi connectivity index (χ0n) is 30.4. The molecule has 0 saturated heterocycles. The van der Waals surface area contributed by atoms with Crippen molar-refractivity contribution in [3.63, 3.8) is 0 Å². The Morgan fingerprint density at radius 3 is 1.54 bits per heavy atom. The molecule has 1 aliphatic carbocycles. The summed E-state index contributed by atoms with van der Waals surface area (Å²) in [7, 11) is 0. The maximum Gasteiger partial charge on any atom is 0.160 e. The van der Waals surface area contributed by atoms with Crippen molar-refractivity contribution in [2.75, 3.05) is 0 Å². The van der Waals surface area contributed by atoms with Gasteiger partial charge in [0.2, 0.25) is 0 Å². The van der Waals surface area contributed by atoms with Gasteiger partial charge in [0.05, 0.1) is 16.8 Å². The number of aromatic nitrogens is 2. The van der Waals surface area contributed by atoms with E-state index in [1.807, 2.05) is 12.1 Å². The largest absolute Gasteiger partial charge is 0.457 e. The monoisotopic (exact) mass is 714 g/mol. The van der Waals surface area contributed by atoms with Crippen molar-refractivity contribution in [3.05, 3.63) is 229 Å². The molecule has 3 nitrogen and oxygen atoms in total. The zero-order valence-corrected chi connectivity index (χ0v) is 30.4. The smallest absolute Gasteiger partial charge is 0.160 e. The highest BCUT2D eigenvalue weighted by Gasteiger charge is 2.52. The van der Waals surface area contributed by atoms with Gasteiger partial charge in [0, 0.05) is 27.8 Å². The van der Waals surface area contributed by atoms with E-state index in [0.29, 0.717) is 5.82 Å². The number of rotatable bonds is 5. The summed E-state index contributed by atoms with van der Waals surface area (Å²) >= 11 is 0. The number of benzene rings is 8. The molecule has 2 aliphatic rings. The average Bonchev–Trinajstić information content (AvgIpc) is 3.57. The van der Waals surface area contributed by atoms with Gasteiger partial charge in [-0.2, -0.15) is 0 Å². The molecule has 1 spiro atoms. The molecule has 0 N–H and O–H groups in total. The van der Waals surface area contributed by atoms with Crippen molar-refractivity contribution in [1.29, 1.82) is 0 Å². The van der Waals surface area contributed by atoms with Gasteiger partial charge in [-0.1, -0.05) is 176 Å². The molecule has 3 heteroatoms. The molecule has 9 aromatic rings. The van der Waals surface area contributed by atoms with Gasteiger partial charge in [0.1, 0.15) is 11.5 Å². The predicted molar refractivity (Wildman–Crippen MR) is 227 cm³/mol. The van der Waals surface area contributed by atoms with E-state index in [4.69, 9.17) is 14.7 Å². The minimum Gasteiger partial charge on any atom is -0.457 e. The predicted octanol–water partition coefficient (Wildman–Crippen LogP) is 13.3. The van der Waals surface area contributed by atoms with Crippen LogP contribution >= 0.6 is 0 Å². The number of hydrogen-bond acceptors (Lipinski definition) is 3. The summed E-state index contributed by atoms with van der Waals surface area (Å²) in [6.45, 7) is 0. The van der Waals surface area contributed by atoms with E-state index >= 15 is 0 Å². The van der Waals surface area contributed by atoms with Gasteiger partial charge < -0.3 is 4.74 Å². The van der Waals surface area contributed by atoms with Crippen LogP contribution in [0.25, 0.3) is 67.3 Å². The van der Waals surface area contributed by atoms with E-state index < -0.39 is 5.41 Å². The van der Waals surface area contributed by atoms with Crippen LogP contribution in [-0.4, -0.2) is 9.97 Å². The van der Waals surface area contributed by atoms with Crippen molar-refractivity contribution in [1.82, 2.24) is 9.97 Å². The Kier molecular flexibility index (Phi) is 7.39. The molecule has 0 unspecified atom stereocenters. The Morgan fingerprint density at radius 1 is 0.321 bits per heavy atom. The van der Waals surface area contributed by atoms with Crippen LogP contribution in [0.2, 0.25) is 0 Å². The standard InChI is InChI=1S/C53H34N2O/c1-3-16-35(17-4-1)37-20-13-22-39(32-37)48-34-47(36-18-5-2-6-19-36)54-52(55-48)40-23-14-21-38(33-40)41-26-15-31-50-51(41)53(46-29-11-12-30-49(46)56-50)44-27-9-7-24-42(44)43-25-8-10-28-45(43)53/h1-34H. The van der Waals surface area contributed by atoms with Crippen LogP contribution in [0, 0.1) is 0 Å². The Hall–Kier alpha value is -7.36. The van der Waals surface area contributed by atoms with Crippen LogP contribution in [0.1, 0.15) is 22.3 Å². The SMILES string of the molecule is c1ccc(-c2cccc(-c3cc(-c4ccccc4)nc(-c4cccc(-c5cccc6c5C5(c7ccccc7O6)c6ccccc6-c6ccccc65)c4)n3)c2)cc1. The van der Waals surface area contributed by atoms with Gasteiger partial charge in [0.15, 0.2) is 5.82 Å². The average molecular weight is 715 g/mol. The van der Waals surface area contributed by atoms with E-state index in [1.165, 1.54) is 27.8 Å². The maximum absolute atomic E-state index is 6.82. The summed E-state index contributed by atoms with van der Waals surface area (Å²) in [5.74, 6) is 2.42. The highest BCUT2D eigenvalue weighted by molar-refractivity contribution is 5.92. The van der Waals surface area contributed by atoms with E-state index in [-0.39, 0.29) is 0 Å². The fraction of sp³-hybridized carbons (Fsp3) is 0.0189. The fourth-order valence-electron chi connectivity index (χ4n) is 8.95. The number of para-hydroxylation sites is 1. The highest BCUT2D eigenvalue weighted by atomic mass is 16.5. The first-order valence-electron chi connectivity index (χ1n) is 19.1. The van der Waals surface area contributed by atoms with Gasteiger partial charge >= 0.3 is 0 Å². The minimum absolute atomic E-state index is 0.579. The first-order valence-corrected chi connectivity index (χ1v) is 19.1. The van der Waals surface area contributed by atoms with Crippen LogP contribution in [0.5, 0.6) is 11.5 Å². The molecule has 11 rings (SSSR count). The Morgan fingerprint density at radius 2 is 0.804 bits per heavy atom. The van der Waals surface area contributed by atoms with Crippen LogP contribution in [0.4, 0.5) is 0 Å². The second kappa shape index (κ2) is 12.9. The summed E-state index contributed by atoms with van der Waals surface area (Å²) in [5.41, 5.74) is 16.0.